The first-order valence-electron chi connectivity index (χ1n) is 6.12. The van der Waals surface area contributed by atoms with E-state index in [1.165, 1.54) is 0 Å². The van der Waals surface area contributed by atoms with E-state index in [0.717, 1.165) is 22.8 Å². The zero-order valence-electron chi connectivity index (χ0n) is 10.3. The lowest BCUT2D eigenvalue weighted by molar-refractivity contribution is -0.117. The first-order valence-corrected chi connectivity index (χ1v) is 7.10. The van der Waals surface area contributed by atoms with Crippen molar-refractivity contribution in [2.75, 3.05) is 11.1 Å². The number of amides is 1. The highest BCUT2D eigenvalue weighted by atomic mass is 32.2. The minimum atomic E-state index is 0.121. The van der Waals surface area contributed by atoms with Crippen molar-refractivity contribution in [3.63, 3.8) is 0 Å². The number of carbonyl (C=O) groups is 1. The van der Waals surface area contributed by atoms with Gasteiger partial charge in [0.05, 0.1) is 11.8 Å². The average molecular weight is 260 g/mol. The van der Waals surface area contributed by atoms with Crippen LogP contribution in [0, 0.1) is 23.2 Å². The molecule has 1 aliphatic carbocycles. The van der Waals surface area contributed by atoms with Crippen LogP contribution in [0.25, 0.3) is 0 Å². The SMILES string of the molecule is C[C@H]1C[C@H]1C(=O)Nc1ccccc1SCCC#N. The number of nitriles is 1. The van der Waals surface area contributed by atoms with Crippen LogP contribution >= 0.6 is 11.8 Å². The van der Waals surface area contributed by atoms with Crippen molar-refractivity contribution in [2.24, 2.45) is 11.8 Å². The molecule has 4 heteroatoms. The van der Waals surface area contributed by atoms with E-state index in [-0.39, 0.29) is 11.8 Å². The number of carbonyl (C=O) groups excluding carboxylic acids is 1. The zero-order valence-corrected chi connectivity index (χ0v) is 11.2. The summed E-state index contributed by atoms with van der Waals surface area (Å²) >= 11 is 1.61. The highest BCUT2D eigenvalue weighted by Gasteiger charge is 2.39. The van der Waals surface area contributed by atoms with E-state index in [0.29, 0.717) is 12.3 Å². The monoisotopic (exact) mass is 260 g/mol. The number of hydrogen-bond acceptors (Lipinski definition) is 3. The van der Waals surface area contributed by atoms with Gasteiger partial charge in [-0.05, 0) is 24.5 Å². The summed E-state index contributed by atoms with van der Waals surface area (Å²) in [6.07, 6.45) is 1.52. The quantitative estimate of drug-likeness (QED) is 0.653. The van der Waals surface area contributed by atoms with Gasteiger partial charge in [-0.3, -0.25) is 4.79 Å². The summed E-state index contributed by atoms with van der Waals surface area (Å²) < 4.78 is 0. The van der Waals surface area contributed by atoms with E-state index in [1.54, 1.807) is 11.8 Å². The molecular weight excluding hydrogens is 244 g/mol. The Labute approximate surface area is 112 Å². The van der Waals surface area contributed by atoms with Crippen molar-refractivity contribution in [3.8, 4) is 6.07 Å². The normalized spacial score (nSPS) is 21.1. The molecule has 0 saturated heterocycles. The topological polar surface area (TPSA) is 52.9 Å². The van der Waals surface area contributed by atoms with Crippen molar-refractivity contribution in [2.45, 2.75) is 24.7 Å². The molecule has 3 nitrogen and oxygen atoms in total. The summed E-state index contributed by atoms with van der Waals surface area (Å²) in [7, 11) is 0. The molecular formula is C14H16N2OS. The number of nitrogens with one attached hydrogen (secondary N) is 1. The fourth-order valence-electron chi connectivity index (χ4n) is 1.82. The van der Waals surface area contributed by atoms with Crippen molar-refractivity contribution in [1.29, 1.82) is 5.26 Å². The molecule has 1 fully saturated rings. The van der Waals surface area contributed by atoms with Gasteiger partial charge in [0.2, 0.25) is 5.91 Å². The molecule has 0 aliphatic heterocycles. The maximum absolute atomic E-state index is 11.9. The second kappa shape index (κ2) is 5.92. The fourth-order valence-corrected chi connectivity index (χ4v) is 2.68. The standard InChI is InChI=1S/C14H16N2OS/c1-10-9-11(10)14(17)16-12-5-2-3-6-13(12)18-8-4-7-15/h2-3,5-6,10-11H,4,8-9H2,1H3,(H,16,17)/t10-,11+/m0/s1. The van der Waals surface area contributed by atoms with Gasteiger partial charge in [0, 0.05) is 23.0 Å². The van der Waals surface area contributed by atoms with Crippen LogP contribution in [0.3, 0.4) is 0 Å². The Balaban J connectivity index is 1.98. The van der Waals surface area contributed by atoms with E-state index >= 15 is 0 Å². The number of para-hydroxylation sites is 1. The molecule has 0 aromatic heterocycles. The van der Waals surface area contributed by atoms with E-state index in [4.69, 9.17) is 5.26 Å². The first kappa shape index (κ1) is 13.0. The van der Waals surface area contributed by atoms with Crippen LogP contribution in [0.15, 0.2) is 29.2 Å². The molecule has 1 aromatic carbocycles. The van der Waals surface area contributed by atoms with Crippen LogP contribution in [-0.4, -0.2) is 11.7 Å². The number of nitrogens with zero attached hydrogens (tertiary/aromatic N) is 1. The molecule has 0 heterocycles. The van der Waals surface area contributed by atoms with Crippen molar-refractivity contribution in [1.82, 2.24) is 0 Å². The summed E-state index contributed by atoms with van der Waals surface area (Å²) in [6.45, 7) is 2.10. The Morgan fingerprint density at radius 1 is 1.56 bits per heavy atom. The van der Waals surface area contributed by atoms with Gasteiger partial charge < -0.3 is 5.32 Å². The van der Waals surface area contributed by atoms with Gasteiger partial charge in [-0.15, -0.1) is 11.8 Å². The number of thioether (sulfide) groups is 1. The molecule has 0 spiro atoms. The molecule has 2 atom stereocenters. The molecule has 0 bridgehead atoms. The predicted octanol–water partition coefficient (Wildman–Crippen LogP) is 3.29. The Morgan fingerprint density at radius 2 is 2.28 bits per heavy atom. The van der Waals surface area contributed by atoms with Gasteiger partial charge in [-0.2, -0.15) is 5.26 Å². The maximum atomic E-state index is 11.9. The fraction of sp³-hybridized carbons (Fsp3) is 0.429. The predicted molar refractivity (Wildman–Crippen MR) is 73.3 cm³/mol. The summed E-state index contributed by atoms with van der Waals surface area (Å²) in [5.74, 6) is 1.57. The Morgan fingerprint density at radius 3 is 2.94 bits per heavy atom. The Hall–Kier alpha value is -1.47. The molecule has 0 radical (unpaired) electrons. The Kier molecular flexibility index (Phi) is 4.27. The van der Waals surface area contributed by atoms with Crippen LogP contribution in [0.1, 0.15) is 19.8 Å². The summed E-state index contributed by atoms with van der Waals surface area (Å²) in [4.78, 5) is 12.9. The zero-order chi connectivity index (χ0) is 13.0. The third kappa shape index (κ3) is 3.27. The third-order valence-electron chi connectivity index (χ3n) is 3.06. The van der Waals surface area contributed by atoms with Crippen molar-refractivity contribution in [3.05, 3.63) is 24.3 Å². The van der Waals surface area contributed by atoms with E-state index in [1.807, 2.05) is 24.3 Å². The number of rotatable bonds is 5. The number of benzene rings is 1. The van der Waals surface area contributed by atoms with Crippen molar-refractivity contribution < 1.29 is 4.79 Å². The summed E-state index contributed by atoms with van der Waals surface area (Å²) in [5, 5.41) is 11.5. The van der Waals surface area contributed by atoms with Crippen LogP contribution in [0.2, 0.25) is 0 Å². The minimum absolute atomic E-state index is 0.121. The lowest BCUT2D eigenvalue weighted by Gasteiger charge is -2.09. The van der Waals surface area contributed by atoms with Gasteiger partial charge in [-0.25, -0.2) is 0 Å². The van der Waals surface area contributed by atoms with E-state index in [2.05, 4.69) is 18.3 Å². The second-order valence-corrected chi connectivity index (χ2v) is 5.70. The highest BCUT2D eigenvalue weighted by Crippen LogP contribution is 2.39. The Bertz CT molecular complexity index is 481. The molecule has 1 aliphatic rings. The van der Waals surface area contributed by atoms with Gasteiger partial charge >= 0.3 is 0 Å². The van der Waals surface area contributed by atoms with E-state index in [9.17, 15) is 4.79 Å². The third-order valence-corrected chi connectivity index (χ3v) is 4.14. The molecule has 2 rings (SSSR count). The van der Waals surface area contributed by atoms with Crippen LogP contribution in [-0.2, 0) is 4.79 Å². The van der Waals surface area contributed by atoms with Crippen LogP contribution in [0.4, 0.5) is 5.69 Å². The van der Waals surface area contributed by atoms with Crippen molar-refractivity contribution >= 4 is 23.4 Å². The molecule has 1 amide bonds. The smallest absolute Gasteiger partial charge is 0.227 e. The van der Waals surface area contributed by atoms with Gasteiger partial charge in [0.25, 0.3) is 0 Å². The molecule has 0 unspecified atom stereocenters. The molecule has 94 valence electrons. The lowest BCUT2D eigenvalue weighted by atomic mass is 10.3. The van der Waals surface area contributed by atoms with Crippen LogP contribution < -0.4 is 5.32 Å². The molecule has 1 N–H and O–H groups in total. The highest BCUT2D eigenvalue weighted by molar-refractivity contribution is 7.99. The summed E-state index contributed by atoms with van der Waals surface area (Å²) in [6, 6.07) is 9.89. The molecule has 1 saturated carbocycles. The minimum Gasteiger partial charge on any atom is -0.325 e. The molecule has 1 aromatic rings. The first-order chi connectivity index (χ1) is 8.72. The number of anilines is 1. The van der Waals surface area contributed by atoms with Gasteiger partial charge in [-0.1, -0.05) is 19.1 Å². The largest absolute Gasteiger partial charge is 0.325 e. The van der Waals surface area contributed by atoms with Gasteiger partial charge in [0.1, 0.15) is 0 Å². The van der Waals surface area contributed by atoms with Gasteiger partial charge in [0.15, 0.2) is 0 Å². The van der Waals surface area contributed by atoms with E-state index < -0.39 is 0 Å². The number of hydrogen-bond donors (Lipinski definition) is 1. The maximum Gasteiger partial charge on any atom is 0.227 e. The second-order valence-electron chi connectivity index (χ2n) is 4.56. The lowest BCUT2D eigenvalue weighted by Crippen LogP contribution is -2.14. The van der Waals surface area contributed by atoms with Crippen LogP contribution in [0.5, 0.6) is 0 Å². The molecule has 18 heavy (non-hydrogen) atoms. The average Bonchev–Trinajstić information content (AvgIpc) is 3.09. The summed E-state index contributed by atoms with van der Waals surface area (Å²) in [5.41, 5.74) is 0.865.